The van der Waals surface area contributed by atoms with Gasteiger partial charge < -0.3 is 20.3 Å². The molecular formula is C13H24N4O2. The molecule has 0 bridgehead atoms. The standard InChI is InChI=1S/C13H24N4O2/c1-14-13(16-9-4-5-9)15-8-10-6-7-11(19-10)12(18)17(2)3/h9-11H,4-8H2,1-3H3,(H2,14,15,16). The van der Waals surface area contributed by atoms with E-state index in [4.69, 9.17) is 4.74 Å². The van der Waals surface area contributed by atoms with Crippen LogP contribution in [0.1, 0.15) is 25.7 Å². The van der Waals surface area contributed by atoms with Crippen LogP contribution in [0.4, 0.5) is 0 Å². The molecule has 0 spiro atoms. The number of guanidine groups is 1. The highest BCUT2D eigenvalue weighted by molar-refractivity contribution is 5.81. The molecule has 2 atom stereocenters. The number of carbonyl (C=O) groups is 1. The summed E-state index contributed by atoms with van der Waals surface area (Å²) in [5.74, 6) is 0.886. The summed E-state index contributed by atoms with van der Waals surface area (Å²) in [6.45, 7) is 0.698. The number of likely N-dealkylation sites (N-methyl/N-ethyl adjacent to an activating group) is 1. The molecule has 2 aliphatic rings. The summed E-state index contributed by atoms with van der Waals surface area (Å²) < 4.78 is 5.76. The molecule has 2 rings (SSSR count). The first-order chi connectivity index (χ1) is 9.10. The predicted molar refractivity (Wildman–Crippen MR) is 74.1 cm³/mol. The lowest BCUT2D eigenvalue weighted by Crippen LogP contribution is -2.42. The van der Waals surface area contributed by atoms with Gasteiger partial charge in [0.25, 0.3) is 5.91 Å². The van der Waals surface area contributed by atoms with E-state index in [1.54, 1.807) is 26.0 Å². The van der Waals surface area contributed by atoms with E-state index in [0.29, 0.717) is 12.6 Å². The molecule has 6 nitrogen and oxygen atoms in total. The van der Waals surface area contributed by atoms with Crippen molar-refractivity contribution in [2.24, 2.45) is 4.99 Å². The Kier molecular flexibility index (Phi) is 4.63. The molecule has 1 saturated heterocycles. The van der Waals surface area contributed by atoms with Crippen LogP contribution in [0.15, 0.2) is 4.99 Å². The van der Waals surface area contributed by atoms with Gasteiger partial charge in [0.2, 0.25) is 0 Å². The van der Waals surface area contributed by atoms with Crippen molar-refractivity contribution in [1.82, 2.24) is 15.5 Å². The first-order valence-corrected chi connectivity index (χ1v) is 6.94. The Hall–Kier alpha value is -1.30. The topological polar surface area (TPSA) is 66.0 Å². The first kappa shape index (κ1) is 14.1. The lowest BCUT2D eigenvalue weighted by Gasteiger charge is -2.18. The zero-order valence-corrected chi connectivity index (χ0v) is 12.0. The number of aliphatic imine (C=N–C) groups is 1. The van der Waals surface area contributed by atoms with Crippen molar-refractivity contribution in [1.29, 1.82) is 0 Å². The summed E-state index contributed by atoms with van der Waals surface area (Å²) >= 11 is 0. The Morgan fingerprint density at radius 1 is 1.32 bits per heavy atom. The SMILES string of the molecule is CN=C(NCC1CCC(C(=O)N(C)C)O1)NC1CC1. The van der Waals surface area contributed by atoms with Gasteiger partial charge in [0.05, 0.1) is 6.10 Å². The van der Waals surface area contributed by atoms with Crippen LogP contribution in [0.3, 0.4) is 0 Å². The Labute approximate surface area is 114 Å². The highest BCUT2D eigenvalue weighted by Gasteiger charge is 2.31. The van der Waals surface area contributed by atoms with Gasteiger partial charge in [-0.1, -0.05) is 0 Å². The third-order valence-corrected chi connectivity index (χ3v) is 3.46. The van der Waals surface area contributed by atoms with Gasteiger partial charge in [-0.05, 0) is 25.7 Å². The van der Waals surface area contributed by atoms with E-state index in [1.807, 2.05) is 0 Å². The third kappa shape index (κ3) is 4.09. The van der Waals surface area contributed by atoms with Crippen molar-refractivity contribution >= 4 is 11.9 Å². The van der Waals surface area contributed by atoms with Crippen molar-refractivity contribution in [3.8, 4) is 0 Å². The first-order valence-electron chi connectivity index (χ1n) is 6.94. The van der Waals surface area contributed by atoms with E-state index in [9.17, 15) is 4.79 Å². The lowest BCUT2D eigenvalue weighted by atomic mass is 10.2. The normalized spacial score (nSPS) is 27.2. The molecule has 2 fully saturated rings. The lowest BCUT2D eigenvalue weighted by molar-refractivity contribution is -0.140. The van der Waals surface area contributed by atoms with Crippen molar-refractivity contribution in [3.63, 3.8) is 0 Å². The second kappa shape index (κ2) is 6.23. The second-order valence-electron chi connectivity index (χ2n) is 5.43. The Morgan fingerprint density at radius 2 is 2.05 bits per heavy atom. The number of hydrogen-bond acceptors (Lipinski definition) is 3. The van der Waals surface area contributed by atoms with Gasteiger partial charge in [0.1, 0.15) is 6.10 Å². The van der Waals surface area contributed by atoms with Gasteiger partial charge >= 0.3 is 0 Å². The molecule has 2 N–H and O–H groups in total. The number of amides is 1. The minimum Gasteiger partial charge on any atom is -0.363 e. The predicted octanol–water partition coefficient (Wildman–Crippen LogP) is -0.0504. The molecule has 1 aliphatic heterocycles. The third-order valence-electron chi connectivity index (χ3n) is 3.46. The largest absolute Gasteiger partial charge is 0.363 e. The maximum absolute atomic E-state index is 11.8. The van der Waals surface area contributed by atoms with E-state index < -0.39 is 0 Å². The van der Waals surface area contributed by atoms with Crippen LogP contribution in [0, 0.1) is 0 Å². The van der Waals surface area contributed by atoms with Crippen LogP contribution in [0.25, 0.3) is 0 Å². The monoisotopic (exact) mass is 268 g/mol. The van der Waals surface area contributed by atoms with Crippen LogP contribution < -0.4 is 10.6 Å². The van der Waals surface area contributed by atoms with Crippen LogP contribution in [0.5, 0.6) is 0 Å². The number of hydrogen-bond donors (Lipinski definition) is 2. The molecule has 2 unspecified atom stereocenters. The quantitative estimate of drug-likeness (QED) is 0.554. The van der Waals surface area contributed by atoms with Gasteiger partial charge in [-0.2, -0.15) is 0 Å². The Morgan fingerprint density at radius 3 is 2.63 bits per heavy atom. The fourth-order valence-electron chi connectivity index (χ4n) is 2.15. The molecule has 1 amide bonds. The maximum Gasteiger partial charge on any atom is 0.251 e. The summed E-state index contributed by atoms with van der Waals surface area (Å²) in [5, 5.41) is 6.59. The number of ether oxygens (including phenoxy) is 1. The van der Waals surface area contributed by atoms with Crippen molar-refractivity contribution in [2.75, 3.05) is 27.7 Å². The molecule has 108 valence electrons. The van der Waals surface area contributed by atoms with E-state index >= 15 is 0 Å². The second-order valence-corrected chi connectivity index (χ2v) is 5.43. The van der Waals surface area contributed by atoms with Gasteiger partial charge in [-0.15, -0.1) is 0 Å². The molecule has 0 aromatic rings. The smallest absolute Gasteiger partial charge is 0.251 e. The van der Waals surface area contributed by atoms with Gasteiger partial charge in [-0.25, -0.2) is 0 Å². The van der Waals surface area contributed by atoms with E-state index in [-0.39, 0.29) is 18.1 Å². The van der Waals surface area contributed by atoms with Crippen LogP contribution in [-0.2, 0) is 9.53 Å². The van der Waals surface area contributed by atoms with Crippen molar-refractivity contribution in [2.45, 2.75) is 43.9 Å². The molecule has 0 aromatic carbocycles. The number of nitrogens with zero attached hydrogens (tertiary/aromatic N) is 2. The van der Waals surface area contributed by atoms with Crippen LogP contribution in [0.2, 0.25) is 0 Å². The number of rotatable bonds is 4. The van der Waals surface area contributed by atoms with E-state index in [0.717, 1.165) is 18.8 Å². The average Bonchev–Trinajstić information content (AvgIpc) is 3.09. The minimum absolute atomic E-state index is 0.0583. The molecule has 1 heterocycles. The average molecular weight is 268 g/mol. The summed E-state index contributed by atoms with van der Waals surface area (Å²) in [4.78, 5) is 17.5. The van der Waals surface area contributed by atoms with E-state index in [1.165, 1.54) is 12.8 Å². The van der Waals surface area contributed by atoms with Crippen LogP contribution >= 0.6 is 0 Å². The summed E-state index contributed by atoms with van der Waals surface area (Å²) in [6, 6.07) is 0.582. The van der Waals surface area contributed by atoms with Gasteiger partial charge in [-0.3, -0.25) is 9.79 Å². The Bertz CT molecular complexity index is 353. The fraction of sp³-hybridized carbons (Fsp3) is 0.846. The number of carbonyl (C=O) groups excluding carboxylic acids is 1. The molecule has 0 radical (unpaired) electrons. The molecule has 0 aromatic heterocycles. The molecule has 1 saturated carbocycles. The van der Waals surface area contributed by atoms with Crippen molar-refractivity contribution in [3.05, 3.63) is 0 Å². The van der Waals surface area contributed by atoms with Crippen molar-refractivity contribution < 1.29 is 9.53 Å². The van der Waals surface area contributed by atoms with Crippen LogP contribution in [-0.4, -0.2) is 62.7 Å². The van der Waals surface area contributed by atoms with Gasteiger partial charge in [0.15, 0.2) is 5.96 Å². The zero-order chi connectivity index (χ0) is 13.8. The summed E-state index contributed by atoms with van der Waals surface area (Å²) in [7, 11) is 5.29. The minimum atomic E-state index is -0.278. The highest BCUT2D eigenvalue weighted by atomic mass is 16.5. The van der Waals surface area contributed by atoms with Gasteiger partial charge in [0, 0.05) is 33.7 Å². The molecular weight excluding hydrogens is 244 g/mol. The number of nitrogens with one attached hydrogen (secondary N) is 2. The van der Waals surface area contributed by atoms with E-state index in [2.05, 4.69) is 15.6 Å². The molecule has 6 heteroatoms. The highest BCUT2D eigenvalue weighted by Crippen LogP contribution is 2.21. The molecule has 19 heavy (non-hydrogen) atoms. The summed E-state index contributed by atoms with van der Waals surface area (Å²) in [5.41, 5.74) is 0. The maximum atomic E-state index is 11.8. The Balaban J connectivity index is 1.71. The fourth-order valence-corrected chi connectivity index (χ4v) is 2.15. The summed E-state index contributed by atoms with van der Waals surface area (Å²) in [6.07, 6.45) is 3.97. The molecule has 1 aliphatic carbocycles. The zero-order valence-electron chi connectivity index (χ0n) is 12.0.